The van der Waals surface area contributed by atoms with E-state index in [2.05, 4.69) is 0 Å². The third-order valence-electron chi connectivity index (χ3n) is 3.16. The fraction of sp³-hybridized carbons (Fsp3) is 0.357. The Kier molecular flexibility index (Phi) is 5.54. The zero-order chi connectivity index (χ0) is 17.0. The van der Waals surface area contributed by atoms with Gasteiger partial charge in [-0.2, -0.15) is 0 Å². The topological polar surface area (TPSA) is 86.7 Å². The molecule has 1 unspecified atom stereocenters. The van der Waals surface area contributed by atoms with E-state index in [9.17, 15) is 23.2 Å². The first kappa shape index (κ1) is 17.2. The van der Waals surface area contributed by atoms with Gasteiger partial charge in [0.05, 0.1) is 11.4 Å². The maximum Gasteiger partial charge on any atom is 0.326 e. The molecule has 0 saturated carbocycles. The number of aliphatic carboxylic acids is 1. The molecule has 2 amide bonds. The molecule has 1 aliphatic heterocycles. The maximum atomic E-state index is 12.3. The molecule has 0 aliphatic carbocycles. The number of thioether (sulfide) groups is 1. The third-order valence-corrected chi connectivity index (χ3v) is 4.20. The van der Waals surface area contributed by atoms with E-state index in [-0.39, 0.29) is 11.7 Å². The van der Waals surface area contributed by atoms with Crippen LogP contribution in [0.15, 0.2) is 29.2 Å². The van der Waals surface area contributed by atoms with Crippen molar-refractivity contribution in [1.82, 2.24) is 5.32 Å². The number of rotatable bonds is 6. The summed E-state index contributed by atoms with van der Waals surface area (Å²) in [6.45, 7) is -0.413. The fourth-order valence-electron chi connectivity index (χ4n) is 2.11. The Labute approximate surface area is 134 Å². The molecule has 2 rings (SSSR count). The SMILES string of the molecule is O=C(CN1C(=O)CSc2ccccc21)NC(CC(F)F)C(=O)O. The van der Waals surface area contributed by atoms with E-state index in [4.69, 9.17) is 5.11 Å². The monoisotopic (exact) mass is 344 g/mol. The number of anilines is 1. The lowest BCUT2D eigenvalue weighted by Crippen LogP contribution is -2.48. The van der Waals surface area contributed by atoms with E-state index in [1.54, 1.807) is 24.3 Å². The average molecular weight is 344 g/mol. The zero-order valence-electron chi connectivity index (χ0n) is 11.9. The molecular weight excluding hydrogens is 330 g/mol. The van der Waals surface area contributed by atoms with Crippen molar-refractivity contribution in [3.8, 4) is 0 Å². The van der Waals surface area contributed by atoms with E-state index in [0.29, 0.717) is 5.69 Å². The number of alkyl halides is 2. The summed E-state index contributed by atoms with van der Waals surface area (Å²) in [5.74, 6) is -2.48. The van der Waals surface area contributed by atoms with E-state index in [0.717, 1.165) is 4.90 Å². The first-order chi connectivity index (χ1) is 10.9. The van der Waals surface area contributed by atoms with E-state index in [1.807, 2.05) is 5.32 Å². The Morgan fingerprint density at radius 2 is 2.04 bits per heavy atom. The lowest BCUT2D eigenvalue weighted by atomic mass is 10.2. The second-order valence-electron chi connectivity index (χ2n) is 4.82. The Morgan fingerprint density at radius 3 is 2.70 bits per heavy atom. The molecule has 0 radical (unpaired) electrons. The molecule has 23 heavy (non-hydrogen) atoms. The molecule has 0 fully saturated rings. The molecule has 0 saturated heterocycles. The van der Waals surface area contributed by atoms with Crippen LogP contribution in [0.5, 0.6) is 0 Å². The number of nitrogens with zero attached hydrogens (tertiary/aromatic N) is 1. The molecule has 0 aromatic heterocycles. The maximum absolute atomic E-state index is 12.3. The van der Waals surface area contributed by atoms with Crippen LogP contribution in [0.2, 0.25) is 0 Å². The minimum atomic E-state index is -2.86. The number of fused-ring (bicyclic) bond motifs is 1. The molecular formula is C14H14F2N2O4S. The van der Waals surface area contributed by atoms with Gasteiger partial charge in [-0.05, 0) is 12.1 Å². The largest absolute Gasteiger partial charge is 0.480 e. The van der Waals surface area contributed by atoms with Gasteiger partial charge in [0, 0.05) is 11.3 Å². The second kappa shape index (κ2) is 7.40. The molecule has 0 spiro atoms. The standard InChI is InChI=1S/C14H14F2N2O4S/c15-11(16)5-8(14(21)22)17-12(19)6-18-9-3-1-2-4-10(9)23-7-13(18)20/h1-4,8,11H,5-7H2,(H,17,19)(H,21,22). The highest BCUT2D eigenvalue weighted by Gasteiger charge is 2.29. The number of halogens is 2. The molecule has 9 heteroatoms. The van der Waals surface area contributed by atoms with Crippen LogP contribution in [0, 0.1) is 0 Å². The molecule has 0 bridgehead atoms. The number of carboxylic acid groups (broad SMARTS) is 1. The van der Waals surface area contributed by atoms with Crippen molar-refractivity contribution < 1.29 is 28.3 Å². The summed E-state index contributed by atoms with van der Waals surface area (Å²) >= 11 is 1.34. The first-order valence-electron chi connectivity index (χ1n) is 6.71. The van der Waals surface area contributed by atoms with Crippen LogP contribution in [0.1, 0.15) is 6.42 Å². The first-order valence-corrected chi connectivity index (χ1v) is 7.69. The number of nitrogens with one attached hydrogen (secondary N) is 1. The van der Waals surface area contributed by atoms with Crippen LogP contribution in [-0.4, -0.2) is 47.7 Å². The number of hydrogen-bond acceptors (Lipinski definition) is 4. The van der Waals surface area contributed by atoms with Gasteiger partial charge >= 0.3 is 5.97 Å². The van der Waals surface area contributed by atoms with Gasteiger partial charge < -0.3 is 15.3 Å². The van der Waals surface area contributed by atoms with Crippen LogP contribution in [0.3, 0.4) is 0 Å². The number of para-hydroxylation sites is 1. The van der Waals surface area contributed by atoms with Crippen molar-refractivity contribution in [1.29, 1.82) is 0 Å². The number of carbonyl (C=O) groups excluding carboxylic acids is 2. The lowest BCUT2D eigenvalue weighted by Gasteiger charge is -2.28. The van der Waals surface area contributed by atoms with Gasteiger partial charge in [0.15, 0.2) is 0 Å². The lowest BCUT2D eigenvalue weighted by molar-refractivity contribution is -0.142. The highest BCUT2D eigenvalue weighted by molar-refractivity contribution is 8.00. The van der Waals surface area contributed by atoms with Crippen LogP contribution in [0.25, 0.3) is 0 Å². The number of carboxylic acids is 1. The molecule has 1 atom stereocenters. The summed E-state index contributed by atoms with van der Waals surface area (Å²) in [7, 11) is 0. The van der Waals surface area contributed by atoms with Gasteiger partial charge in [0.1, 0.15) is 12.6 Å². The minimum Gasteiger partial charge on any atom is -0.480 e. The molecule has 1 aliphatic rings. The molecule has 124 valence electrons. The van der Waals surface area contributed by atoms with Gasteiger partial charge in [0.25, 0.3) is 0 Å². The summed E-state index contributed by atoms with van der Waals surface area (Å²) in [6, 6.07) is 5.28. The molecule has 1 heterocycles. The van der Waals surface area contributed by atoms with Gasteiger partial charge in [-0.3, -0.25) is 9.59 Å². The van der Waals surface area contributed by atoms with Crippen LogP contribution in [0.4, 0.5) is 14.5 Å². The minimum absolute atomic E-state index is 0.156. The molecule has 2 N–H and O–H groups in total. The van der Waals surface area contributed by atoms with Crippen molar-refractivity contribution >= 4 is 35.2 Å². The van der Waals surface area contributed by atoms with Crippen molar-refractivity contribution in [2.24, 2.45) is 0 Å². The van der Waals surface area contributed by atoms with E-state index in [1.165, 1.54) is 16.7 Å². The van der Waals surface area contributed by atoms with Crippen molar-refractivity contribution in [3.63, 3.8) is 0 Å². The second-order valence-corrected chi connectivity index (χ2v) is 5.84. The molecule has 1 aromatic rings. The number of hydrogen-bond donors (Lipinski definition) is 2. The van der Waals surface area contributed by atoms with Gasteiger partial charge in [-0.25, -0.2) is 13.6 Å². The van der Waals surface area contributed by atoms with E-state index >= 15 is 0 Å². The number of amides is 2. The predicted molar refractivity (Wildman–Crippen MR) is 79.7 cm³/mol. The predicted octanol–water partition coefficient (Wildman–Crippen LogP) is 1.35. The van der Waals surface area contributed by atoms with Crippen molar-refractivity contribution in [2.75, 3.05) is 17.2 Å². The normalized spacial score (nSPS) is 15.3. The fourth-order valence-corrected chi connectivity index (χ4v) is 3.05. The average Bonchev–Trinajstić information content (AvgIpc) is 2.49. The Bertz CT molecular complexity index is 627. The zero-order valence-corrected chi connectivity index (χ0v) is 12.7. The molecule has 6 nitrogen and oxygen atoms in total. The van der Waals surface area contributed by atoms with Crippen molar-refractivity contribution in [2.45, 2.75) is 23.8 Å². The van der Waals surface area contributed by atoms with Crippen LogP contribution < -0.4 is 10.2 Å². The molecule has 1 aromatic carbocycles. The summed E-state index contributed by atoms with van der Waals surface area (Å²) in [5.41, 5.74) is 0.546. The summed E-state index contributed by atoms with van der Waals surface area (Å²) in [5, 5.41) is 10.9. The van der Waals surface area contributed by atoms with Crippen LogP contribution >= 0.6 is 11.8 Å². The Hall–Kier alpha value is -2.16. The summed E-state index contributed by atoms with van der Waals surface area (Å²) in [6.07, 6.45) is -3.84. The summed E-state index contributed by atoms with van der Waals surface area (Å²) < 4.78 is 24.7. The van der Waals surface area contributed by atoms with Gasteiger partial charge in [0.2, 0.25) is 18.2 Å². The number of carbonyl (C=O) groups is 3. The third kappa shape index (κ3) is 4.41. The highest BCUT2D eigenvalue weighted by atomic mass is 32.2. The quantitative estimate of drug-likeness (QED) is 0.813. The highest BCUT2D eigenvalue weighted by Crippen LogP contribution is 2.34. The van der Waals surface area contributed by atoms with E-state index < -0.39 is 37.3 Å². The van der Waals surface area contributed by atoms with Crippen LogP contribution in [-0.2, 0) is 14.4 Å². The Balaban J connectivity index is 2.07. The van der Waals surface area contributed by atoms with Gasteiger partial charge in [-0.15, -0.1) is 11.8 Å². The summed E-state index contributed by atoms with van der Waals surface area (Å²) in [4.78, 5) is 36.9. The van der Waals surface area contributed by atoms with Crippen molar-refractivity contribution in [3.05, 3.63) is 24.3 Å². The Morgan fingerprint density at radius 1 is 1.35 bits per heavy atom. The number of benzene rings is 1. The smallest absolute Gasteiger partial charge is 0.326 e. The van der Waals surface area contributed by atoms with Gasteiger partial charge in [-0.1, -0.05) is 12.1 Å².